The van der Waals surface area contributed by atoms with Crippen LogP contribution in [0.3, 0.4) is 0 Å². The minimum Gasteiger partial charge on any atom is -0.337 e. The first-order chi connectivity index (χ1) is 8.65. The van der Waals surface area contributed by atoms with E-state index >= 15 is 0 Å². The Morgan fingerprint density at radius 1 is 1.33 bits per heavy atom. The molecule has 0 unspecified atom stereocenters. The summed E-state index contributed by atoms with van der Waals surface area (Å²) >= 11 is 1.30. The molecule has 3 rings (SSSR count). The number of fused-ring (bicyclic) bond motifs is 1. The lowest BCUT2D eigenvalue weighted by molar-refractivity contribution is 0.629. The number of nitrogens with zero attached hydrogens (tertiary/aromatic N) is 3. The first-order valence-corrected chi connectivity index (χ1v) is 6.40. The van der Waals surface area contributed by atoms with Crippen LogP contribution in [0, 0.1) is 5.82 Å². The van der Waals surface area contributed by atoms with E-state index in [0.717, 1.165) is 16.1 Å². The van der Waals surface area contributed by atoms with Gasteiger partial charge in [0.25, 0.3) is 0 Å². The lowest BCUT2D eigenvalue weighted by Crippen LogP contribution is -1.91. The van der Waals surface area contributed by atoms with E-state index < -0.39 is 0 Å². The highest BCUT2D eigenvalue weighted by Crippen LogP contribution is 2.30. The molecule has 0 saturated carbocycles. The van der Waals surface area contributed by atoms with Gasteiger partial charge in [-0.2, -0.15) is 0 Å². The van der Waals surface area contributed by atoms with Gasteiger partial charge in [0.15, 0.2) is 5.82 Å². The first-order valence-electron chi connectivity index (χ1n) is 5.63. The van der Waals surface area contributed by atoms with E-state index in [4.69, 9.17) is 0 Å². The van der Waals surface area contributed by atoms with Gasteiger partial charge in [-0.3, -0.25) is 0 Å². The molecule has 0 aliphatic carbocycles. The molecule has 0 atom stereocenters. The highest BCUT2D eigenvalue weighted by molar-refractivity contribution is 7.09. The highest BCUT2D eigenvalue weighted by atomic mass is 32.1. The third kappa shape index (κ3) is 1.78. The normalized spacial score (nSPS) is 11.6. The fraction of sp³-hybridized carbons (Fsp3) is 0.250. The minimum atomic E-state index is -0.274. The predicted octanol–water partition coefficient (Wildman–Crippen LogP) is 3.34. The van der Waals surface area contributed by atoms with Crippen molar-refractivity contribution in [2.24, 2.45) is 0 Å². The van der Waals surface area contributed by atoms with Gasteiger partial charge in [-0.05, 0) is 35.6 Å². The largest absolute Gasteiger partial charge is 0.337 e. The van der Waals surface area contributed by atoms with Crippen molar-refractivity contribution < 1.29 is 4.39 Å². The number of aromatic amines is 1. The Morgan fingerprint density at radius 3 is 2.94 bits per heavy atom. The first kappa shape index (κ1) is 11.3. The molecule has 0 saturated heterocycles. The summed E-state index contributed by atoms with van der Waals surface area (Å²) in [5.41, 5.74) is 2.35. The maximum atomic E-state index is 13.1. The Bertz CT molecular complexity index is 701. The molecule has 2 heterocycles. The summed E-state index contributed by atoms with van der Waals surface area (Å²) in [6.45, 7) is 4.12. The molecule has 0 spiro atoms. The highest BCUT2D eigenvalue weighted by Gasteiger charge is 2.16. The number of aromatic nitrogens is 4. The van der Waals surface area contributed by atoms with Crippen LogP contribution in [-0.4, -0.2) is 19.6 Å². The number of benzene rings is 1. The van der Waals surface area contributed by atoms with Crippen LogP contribution in [0.15, 0.2) is 18.2 Å². The summed E-state index contributed by atoms with van der Waals surface area (Å²) < 4.78 is 17.1. The molecule has 18 heavy (non-hydrogen) atoms. The fourth-order valence-corrected chi connectivity index (χ4v) is 2.59. The van der Waals surface area contributed by atoms with Crippen molar-refractivity contribution in [1.29, 1.82) is 0 Å². The smallest absolute Gasteiger partial charge is 0.152 e. The Balaban J connectivity index is 2.16. The molecule has 1 N–H and O–H groups in total. The van der Waals surface area contributed by atoms with Crippen molar-refractivity contribution in [2.75, 3.05) is 0 Å². The van der Waals surface area contributed by atoms with Crippen LogP contribution in [0.5, 0.6) is 0 Å². The van der Waals surface area contributed by atoms with Crippen molar-refractivity contribution in [1.82, 2.24) is 19.6 Å². The molecule has 1 aromatic carbocycles. The third-order valence-corrected chi connectivity index (χ3v) is 3.47. The van der Waals surface area contributed by atoms with Gasteiger partial charge in [0.05, 0.1) is 16.7 Å². The minimum absolute atomic E-state index is 0.274. The molecular formula is C12H11FN4S. The lowest BCUT2D eigenvalue weighted by atomic mass is 10.1. The van der Waals surface area contributed by atoms with E-state index in [0.29, 0.717) is 11.3 Å². The molecule has 0 aliphatic heterocycles. The molecule has 92 valence electrons. The third-order valence-electron chi connectivity index (χ3n) is 2.72. The van der Waals surface area contributed by atoms with Crippen LogP contribution in [0.4, 0.5) is 4.39 Å². The number of hydrogen-bond donors (Lipinski definition) is 1. The topological polar surface area (TPSA) is 54.5 Å². The van der Waals surface area contributed by atoms with E-state index in [1.165, 1.54) is 23.7 Å². The monoisotopic (exact) mass is 262 g/mol. The van der Waals surface area contributed by atoms with Crippen molar-refractivity contribution in [3.8, 4) is 10.7 Å². The van der Waals surface area contributed by atoms with Crippen LogP contribution in [0.25, 0.3) is 21.7 Å². The van der Waals surface area contributed by atoms with E-state index in [1.807, 2.05) is 0 Å². The van der Waals surface area contributed by atoms with Gasteiger partial charge >= 0.3 is 0 Å². The van der Waals surface area contributed by atoms with Gasteiger partial charge in [-0.15, -0.1) is 5.10 Å². The van der Waals surface area contributed by atoms with E-state index in [2.05, 4.69) is 33.4 Å². The fourth-order valence-electron chi connectivity index (χ4n) is 1.83. The standard InChI is InChI=1S/C12H11FN4S/c1-6(2)10-11(18-17-16-10)12-14-8-4-3-7(13)5-9(8)15-12/h3-6H,1-2H3,(H,14,15). The summed E-state index contributed by atoms with van der Waals surface area (Å²) in [5.74, 6) is 0.710. The van der Waals surface area contributed by atoms with Crippen LogP contribution in [0.1, 0.15) is 25.5 Å². The maximum Gasteiger partial charge on any atom is 0.152 e. The van der Waals surface area contributed by atoms with Crippen LogP contribution >= 0.6 is 11.5 Å². The van der Waals surface area contributed by atoms with Crippen LogP contribution < -0.4 is 0 Å². The average Bonchev–Trinajstić information content (AvgIpc) is 2.93. The van der Waals surface area contributed by atoms with Crippen molar-refractivity contribution >= 4 is 22.6 Å². The molecule has 0 bridgehead atoms. The van der Waals surface area contributed by atoms with Gasteiger partial charge in [-0.25, -0.2) is 9.37 Å². The summed E-state index contributed by atoms with van der Waals surface area (Å²) in [5, 5.41) is 4.11. The molecule has 3 aromatic rings. The number of H-pyrrole nitrogens is 1. The van der Waals surface area contributed by atoms with Gasteiger partial charge in [0.2, 0.25) is 0 Å². The zero-order valence-corrected chi connectivity index (χ0v) is 10.8. The molecular weight excluding hydrogens is 251 g/mol. The van der Waals surface area contributed by atoms with Crippen molar-refractivity contribution in [3.63, 3.8) is 0 Å². The molecule has 2 aromatic heterocycles. The summed E-state index contributed by atoms with van der Waals surface area (Å²) in [7, 11) is 0. The molecule has 0 radical (unpaired) electrons. The molecule has 0 fully saturated rings. The van der Waals surface area contributed by atoms with Crippen LogP contribution in [0.2, 0.25) is 0 Å². The Morgan fingerprint density at radius 2 is 2.17 bits per heavy atom. The van der Waals surface area contributed by atoms with Crippen molar-refractivity contribution in [3.05, 3.63) is 29.7 Å². The van der Waals surface area contributed by atoms with Gasteiger partial charge in [0, 0.05) is 0 Å². The summed E-state index contributed by atoms with van der Waals surface area (Å²) in [6.07, 6.45) is 0. The second-order valence-electron chi connectivity index (χ2n) is 4.39. The van der Waals surface area contributed by atoms with Gasteiger partial charge in [0.1, 0.15) is 10.7 Å². The van der Waals surface area contributed by atoms with E-state index in [1.54, 1.807) is 6.07 Å². The summed E-state index contributed by atoms with van der Waals surface area (Å²) in [4.78, 5) is 8.48. The van der Waals surface area contributed by atoms with E-state index in [-0.39, 0.29) is 11.7 Å². The number of halogens is 1. The molecule has 0 aliphatic rings. The number of imidazole rings is 1. The van der Waals surface area contributed by atoms with Gasteiger partial charge < -0.3 is 4.98 Å². The number of hydrogen-bond acceptors (Lipinski definition) is 4. The van der Waals surface area contributed by atoms with E-state index in [9.17, 15) is 4.39 Å². The maximum absolute atomic E-state index is 13.1. The Labute approximate surface area is 107 Å². The van der Waals surface area contributed by atoms with Gasteiger partial charge in [-0.1, -0.05) is 18.3 Å². The summed E-state index contributed by atoms with van der Waals surface area (Å²) in [6, 6.07) is 4.50. The number of rotatable bonds is 2. The average molecular weight is 262 g/mol. The molecule has 4 nitrogen and oxygen atoms in total. The SMILES string of the molecule is CC(C)c1nnsc1-c1nc2ccc(F)cc2[nH]1. The second-order valence-corrected chi connectivity index (χ2v) is 5.14. The zero-order valence-electron chi connectivity index (χ0n) is 9.94. The molecule has 0 amide bonds. The second kappa shape index (κ2) is 4.13. The quantitative estimate of drug-likeness (QED) is 0.770. The van der Waals surface area contributed by atoms with Crippen LogP contribution in [-0.2, 0) is 0 Å². The Kier molecular flexibility index (Phi) is 2.59. The number of nitrogens with one attached hydrogen (secondary N) is 1. The molecule has 6 heteroatoms. The van der Waals surface area contributed by atoms with Crippen molar-refractivity contribution in [2.45, 2.75) is 19.8 Å². The predicted molar refractivity (Wildman–Crippen MR) is 69.0 cm³/mol. The Hall–Kier alpha value is -1.82. The zero-order chi connectivity index (χ0) is 12.7. The lowest BCUT2D eigenvalue weighted by Gasteiger charge is -2.00.